The molecule has 110 valence electrons. The number of sulfonamides is 1. The Morgan fingerprint density at radius 1 is 1.10 bits per heavy atom. The Hall–Kier alpha value is -1.08. The molecule has 0 fully saturated rings. The molecule has 0 atom stereocenters. The Kier molecular flexibility index (Phi) is 5.27. The smallest absolute Gasteiger partial charge is 0.200 e. The number of rotatable bonds is 4. The SMILES string of the molecule is O=S(=O)(N/N=C/c1cccc(Br)c1)c1ccc(Cl)c(Cl)c1. The molecule has 0 aliphatic heterocycles. The second-order valence-electron chi connectivity index (χ2n) is 3.98. The largest absolute Gasteiger partial charge is 0.276 e. The van der Waals surface area contributed by atoms with Crippen LogP contribution in [0.3, 0.4) is 0 Å². The molecule has 0 bridgehead atoms. The van der Waals surface area contributed by atoms with Gasteiger partial charge in [-0.1, -0.05) is 51.3 Å². The number of nitrogens with one attached hydrogen (secondary N) is 1. The zero-order chi connectivity index (χ0) is 15.5. The van der Waals surface area contributed by atoms with E-state index >= 15 is 0 Å². The molecule has 2 aromatic carbocycles. The first-order valence-corrected chi connectivity index (χ1v) is 8.67. The number of nitrogens with zero attached hydrogens (tertiary/aromatic N) is 1. The third-order valence-corrected chi connectivity index (χ3v) is 4.89. The van der Waals surface area contributed by atoms with Crippen LogP contribution < -0.4 is 4.83 Å². The first kappa shape index (κ1) is 16.3. The van der Waals surface area contributed by atoms with E-state index in [1.54, 1.807) is 12.1 Å². The first-order chi connectivity index (χ1) is 9.88. The molecule has 0 heterocycles. The van der Waals surface area contributed by atoms with E-state index in [9.17, 15) is 8.42 Å². The normalized spacial score (nSPS) is 11.8. The Labute approximate surface area is 141 Å². The van der Waals surface area contributed by atoms with E-state index < -0.39 is 10.0 Å². The molecular formula is C13H9BrCl2N2O2S. The fourth-order valence-electron chi connectivity index (χ4n) is 1.45. The van der Waals surface area contributed by atoms with E-state index in [2.05, 4.69) is 25.9 Å². The molecule has 8 heteroatoms. The van der Waals surface area contributed by atoms with Gasteiger partial charge in [-0.15, -0.1) is 0 Å². The van der Waals surface area contributed by atoms with Gasteiger partial charge in [0.2, 0.25) is 0 Å². The molecule has 21 heavy (non-hydrogen) atoms. The average Bonchev–Trinajstić information content (AvgIpc) is 2.41. The van der Waals surface area contributed by atoms with Crippen LogP contribution in [0.4, 0.5) is 0 Å². The summed E-state index contributed by atoms with van der Waals surface area (Å²) in [5.41, 5.74) is 0.751. The van der Waals surface area contributed by atoms with Gasteiger partial charge in [0, 0.05) is 4.47 Å². The summed E-state index contributed by atoms with van der Waals surface area (Å²) in [4.78, 5) is 2.10. The summed E-state index contributed by atoms with van der Waals surface area (Å²) in [6.45, 7) is 0. The predicted molar refractivity (Wildman–Crippen MR) is 88.5 cm³/mol. The predicted octanol–water partition coefficient (Wildman–Crippen LogP) is 4.07. The van der Waals surface area contributed by atoms with Crippen LogP contribution in [0.1, 0.15) is 5.56 Å². The lowest BCUT2D eigenvalue weighted by atomic mass is 10.2. The first-order valence-electron chi connectivity index (χ1n) is 5.64. The molecule has 0 saturated heterocycles. The Balaban J connectivity index is 2.16. The molecule has 0 spiro atoms. The van der Waals surface area contributed by atoms with Crippen LogP contribution in [-0.2, 0) is 10.0 Å². The monoisotopic (exact) mass is 406 g/mol. The molecular weight excluding hydrogens is 399 g/mol. The van der Waals surface area contributed by atoms with E-state index in [-0.39, 0.29) is 14.9 Å². The third kappa shape index (κ3) is 4.44. The van der Waals surface area contributed by atoms with Gasteiger partial charge < -0.3 is 0 Å². The van der Waals surface area contributed by atoms with E-state index in [1.165, 1.54) is 24.4 Å². The van der Waals surface area contributed by atoms with Gasteiger partial charge in [0.05, 0.1) is 21.2 Å². The summed E-state index contributed by atoms with van der Waals surface area (Å²) in [6, 6.07) is 11.3. The fourth-order valence-corrected chi connectivity index (χ4v) is 3.05. The summed E-state index contributed by atoms with van der Waals surface area (Å²) in [5.74, 6) is 0. The summed E-state index contributed by atoms with van der Waals surface area (Å²) in [6.07, 6.45) is 1.40. The lowest BCUT2D eigenvalue weighted by molar-refractivity contribution is 0.584. The lowest BCUT2D eigenvalue weighted by Crippen LogP contribution is -2.18. The molecule has 0 saturated carbocycles. The molecule has 4 nitrogen and oxygen atoms in total. The van der Waals surface area contributed by atoms with E-state index in [1.807, 2.05) is 12.1 Å². The number of hydrazone groups is 1. The molecule has 0 unspecified atom stereocenters. The highest BCUT2D eigenvalue weighted by Crippen LogP contribution is 2.24. The number of benzene rings is 2. The van der Waals surface area contributed by atoms with Crippen molar-refractivity contribution >= 4 is 55.4 Å². The molecule has 2 rings (SSSR count). The summed E-state index contributed by atoms with van der Waals surface area (Å²) in [5, 5.41) is 4.17. The topological polar surface area (TPSA) is 58.5 Å². The van der Waals surface area contributed by atoms with Crippen molar-refractivity contribution in [3.05, 3.63) is 62.5 Å². The number of halogens is 3. The third-order valence-electron chi connectivity index (χ3n) is 2.44. The van der Waals surface area contributed by atoms with Gasteiger partial charge in [0.25, 0.3) is 10.0 Å². The van der Waals surface area contributed by atoms with Crippen LogP contribution in [-0.4, -0.2) is 14.6 Å². The van der Waals surface area contributed by atoms with Gasteiger partial charge in [-0.3, -0.25) is 0 Å². The highest BCUT2D eigenvalue weighted by molar-refractivity contribution is 9.10. The van der Waals surface area contributed by atoms with E-state index in [0.29, 0.717) is 0 Å². The van der Waals surface area contributed by atoms with Gasteiger partial charge in [-0.05, 0) is 35.9 Å². The minimum atomic E-state index is -3.78. The molecule has 0 aliphatic carbocycles. The van der Waals surface area contributed by atoms with Crippen molar-refractivity contribution in [2.75, 3.05) is 0 Å². The second kappa shape index (κ2) is 6.79. The zero-order valence-electron chi connectivity index (χ0n) is 10.4. The van der Waals surface area contributed by atoms with Crippen molar-refractivity contribution in [2.45, 2.75) is 4.90 Å². The molecule has 0 aromatic heterocycles. The quantitative estimate of drug-likeness (QED) is 0.613. The summed E-state index contributed by atoms with van der Waals surface area (Å²) in [7, 11) is -3.78. The van der Waals surface area contributed by atoms with E-state index in [0.717, 1.165) is 10.0 Å². The Morgan fingerprint density at radius 2 is 1.86 bits per heavy atom. The van der Waals surface area contributed by atoms with Gasteiger partial charge in [-0.25, -0.2) is 4.83 Å². The van der Waals surface area contributed by atoms with Crippen LogP contribution in [0.15, 0.2) is 56.9 Å². The van der Waals surface area contributed by atoms with Crippen molar-refractivity contribution in [1.29, 1.82) is 0 Å². The lowest BCUT2D eigenvalue weighted by Gasteiger charge is -2.04. The Morgan fingerprint density at radius 3 is 2.52 bits per heavy atom. The van der Waals surface area contributed by atoms with Gasteiger partial charge in [-0.2, -0.15) is 13.5 Å². The zero-order valence-corrected chi connectivity index (χ0v) is 14.3. The maximum Gasteiger partial charge on any atom is 0.276 e. The van der Waals surface area contributed by atoms with Gasteiger partial charge >= 0.3 is 0 Å². The number of hydrogen-bond donors (Lipinski definition) is 1. The highest BCUT2D eigenvalue weighted by Gasteiger charge is 2.14. The Bertz CT molecular complexity index is 795. The second-order valence-corrected chi connectivity index (χ2v) is 7.37. The number of hydrogen-bond acceptors (Lipinski definition) is 3. The standard InChI is InChI=1S/C13H9BrCl2N2O2S/c14-10-3-1-2-9(6-10)8-17-18-21(19,20)11-4-5-12(15)13(16)7-11/h1-8,18H/b17-8+. The van der Waals surface area contributed by atoms with Crippen molar-refractivity contribution in [2.24, 2.45) is 5.10 Å². The van der Waals surface area contributed by atoms with Crippen LogP contribution in [0.5, 0.6) is 0 Å². The maximum absolute atomic E-state index is 12.0. The molecule has 2 aromatic rings. The van der Waals surface area contributed by atoms with Crippen LogP contribution in [0.2, 0.25) is 10.0 Å². The molecule has 0 aliphatic rings. The summed E-state index contributed by atoms with van der Waals surface area (Å²) >= 11 is 14.9. The average molecular weight is 408 g/mol. The highest BCUT2D eigenvalue weighted by atomic mass is 79.9. The van der Waals surface area contributed by atoms with Crippen molar-refractivity contribution in [3.63, 3.8) is 0 Å². The maximum atomic E-state index is 12.0. The van der Waals surface area contributed by atoms with E-state index in [4.69, 9.17) is 23.2 Å². The van der Waals surface area contributed by atoms with Gasteiger partial charge in [0.1, 0.15) is 0 Å². The fraction of sp³-hybridized carbons (Fsp3) is 0. The van der Waals surface area contributed by atoms with Crippen molar-refractivity contribution in [1.82, 2.24) is 4.83 Å². The summed E-state index contributed by atoms with van der Waals surface area (Å²) < 4.78 is 24.9. The molecule has 1 N–H and O–H groups in total. The molecule has 0 radical (unpaired) electrons. The van der Waals surface area contributed by atoms with Crippen LogP contribution in [0, 0.1) is 0 Å². The minimum Gasteiger partial charge on any atom is -0.200 e. The van der Waals surface area contributed by atoms with Crippen molar-refractivity contribution < 1.29 is 8.42 Å². The minimum absolute atomic E-state index is 0.0108. The van der Waals surface area contributed by atoms with Crippen LogP contribution >= 0.6 is 39.1 Å². The van der Waals surface area contributed by atoms with Crippen molar-refractivity contribution in [3.8, 4) is 0 Å². The van der Waals surface area contributed by atoms with Crippen LogP contribution in [0.25, 0.3) is 0 Å². The molecule has 0 amide bonds. The van der Waals surface area contributed by atoms with Gasteiger partial charge in [0.15, 0.2) is 0 Å².